The van der Waals surface area contributed by atoms with Gasteiger partial charge in [-0.25, -0.2) is 14.8 Å². The van der Waals surface area contributed by atoms with Crippen molar-refractivity contribution < 1.29 is 13.6 Å². The molecule has 6 heteroatoms. The van der Waals surface area contributed by atoms with Crippen molar-refractivity contribution in [3.8, 4) is 11.3 Å². The molecule has 0 aliphatic heterocycles. The predicted octanol–water partition coefficient (Wildman–Crippen LogP) is 4.79. The number of rotatable bonds is 4. The molecule has 1 amide bonds. The van der Waals surface area contributed by atoms with Crippen LogP contribution >= 0.6 is 0 Å². The quantitative estimate of drug-likeness (QED) is 0.413. The van der Waals surface area contributed by atoms with Gasteiger partial charge in [0.1, 0.15) is 17.3 Å². The Labute approximate surface area is 160 Å². The van der Waals surface area contributed by atoms with E-state index in [9.17, 15) is 9.18 Å². The van der Waals surface area contributed by atoms with Crippen molar-refractivity contribution in [1.29, 1.82) is 0 Å². The number of hydrogen-bond acceptors (Lipinski definition) is 4. The maximum absolute atomic E-state index is 13.2. The summed E-state index contributed by atoms with van der Waals surface area (Å²) in [4.78, 5) is 17.4. The van der Waals surface area contributed by atoms with Crippen LogP contribution < -0.4 is 5.43 Å². The third-order valence-corrected chi connectivity index (χ3v) is 4.30. The van der Waals surface area contributed by atoms with E-state index in [0.29, 0.717) is 33.6 Å². The first-order chi connectivity index (χ1) is 13.6. The van der Waals surface area contributed by atoms with Crippen molar-refractivity contribution in [1.82, 2.24) is 10.4 Å². The lowest BCUT2D eigenvalue weighted by Gasteiger charge is -2.09. The van der Waals surface area contributed by atoms with E-state index in [0.717, 1.165) is 5.56 Å². The average molecular weight is 373 g/mol. The highest BCUT2D eigenvalue weighted by atomic mass is 19.1. The zero-order chi connectivity index (χ0) is 19.5. The molecule has 0 spiro atoms. The Hall–Kier alpha value is -3.80. The molecule has 0 fully saturated rings. The van der Waals surface area contributed by atoms with Gasteiger partial charge in [0.2, 0.25) is 0 Å². The minimum absolute atomic E-state index is 0.328. The summed E-state index contributed by atoms with van der Waals surface area (Å²) in [5, 5.41) is 4.82. The summed E-state index contributed by atoms with van der Waals surface area (Å²) in [6.45, 7) is 1.74. The van der Waals surface area contributed by atoms with Gasteiger partial charge in [-0.1, -0.05) is 18.2 Å². The number of carbonyl (C=O) groups excluding carboxylic acids is 1. The van der Waals surface area contributed by atoms with Crippen molar-refractivity contribution >= 4 is 22.5 Å². The highest BCUT2D eigenvalue weighted by Crippen LogP contribution is 2.25. The molecule has 0 saturated carbocycles. The van der Waals surface area contributed by atoms with Crippen LogP contribution in [0, 0.1) is 5.82 Å². The van der Waals surface area contributed by atoms with E-state index in [1.54, 1.807) is 43.5 Å². The molecule has 28 heavy (non-hydrogen) atoms. The van der Waals surface area contributed by atoms with Crippen molar-refractivity contribution in [3.05, 3.63) is 90.1 Å². The Kier molecular flexibility index (Phi) is 4.68. The minimum Gasteiger partial charge on any atom is -0.463 e. The lowest BCUT2D eigenvalue weighted by molar-refractivity contribution is 0.0956. The summed E-state index contributed by atoms with van der Waals surface area (Å²) in [5.41, 5.74) is 5.52. The second kappa shape index (κ2) is 7.44. The number of hydrazone groups is 1. The molecule has 1 N–H and O–H groups in total. The predicted molar refractivity (Wildman–Crippen MR) is 106 cm³/mol. The van der Waals surface area contributed by atoms with Gasteiger partial charge >= 0.3 is 0 Å². The van der Waals surface area contributed by atoms with Gasteiger partial charge in [0.25, 0.3) is 5.91 Å². The topological polar surface area (TPSA) is 67.5 Å². The number of aromatic nitrogens is 1. The van der Waals surface area contributed by atoms with Crippen LogP contribution in [-0.2, 0) is 0 Å². The molecule has 0 aliphatic carbocycles. The Morgan fingerprint density at radius 1 is 1.07 bits per heavy atom. The van der Waals surface area contributed by atoms with Crippen LogP contribution in [-0.4, -0.2) is 16.6 Å². The molecule has 2 aromatic heterocycles. The van der Waals surface area contributed by atoms with Gasteiger partial charge < -0.3 is 4.42 Å². The van der Waals surface area contributed by atoms with E-state index >= 15 is 0 Å². The first kappa shape index (κ1) is 17.6. The number of benzene rings is 2. The van der Waals surface area contributed by atoms with Crippen molar-refractivity contribution in [3.63, 3.8) is 0 Å². The van der Waals surface area contributed by atoms with Crippen LogP contribution in [0.3, 0.4) is 0 Å². The highest BCUT2D eigenvalue weighted by molar-refractivity contribution is 6.07. The van der Waals surface area contributed by atoms with Gasteiger partial charge in [0, 0.05) is 10.9 Å². The van der Waals surface area contributed by atoms with Gasteiger partial charge in [0.05, 0.1) is 23.0 Å². The van der Waals surface area contributed by atoms with Gasteiger partial charge in [-0.05, 0) is 55.5 Å². The second-order valence-corrected chi connectivity index (χ2v) is 6.19. The molecule has 0 radical (unpaired) electrons. The molecule has 4 aromatic rings. The van der Waals surface area contributed by atoms with E-state index in [1.807, 2.05) is 24.3 Å². The van der Waals surface area contributed by atoms with E-state index < -0.39 is 0 Å². The largest absolute Gasteiger partial charge is 0.463 e. The van der Waals surface area contributed by atoms with Crippen molar-refractivity contribution in [2.24, 2.45) is 5.10 Å². The lowest BCUT2D eigenvalue weighted by Crippen LogP contribution is -2.20. The molecule has 0 saturated heterocycles. The molecule has 0 bridgehead atoms. The average Bonchev–Trinajstić information content (AvgIpc) is 3.26. The second-order valence-electron chi connectivity index (χ2n) is 6.19. The zero-order valence-electron chi connectivity index (χ0n) is 15.0. The number of amides is 1. The maximum atomic E-state index is 13.2. The number of furan rings is 1. The van der Waals surface area contributed by atoms with Gasteiger partial charge in [-0.3, -0.25) is 4.79 Å². The summed E-state index contributed by atoms with van der Waals surface area (Å²) in [6, 6.07) is 18.5. The molecular weight excluding hydrogens is 357 g/mol. The molecule has 0 aliphatic rings. The summed E-state index contributed by atoms with van der Waals surface area (Å²) in [6.07, 6.45) is 1.54. The molecular formula is C22H16FN3O2. The maximum Gasteiger partial charge on any atom is 0.272 e. The first-order valence-corrected chi connectivity index (χ1v) is 8.66. The Balaban J connectivity index is 1.73. The van der Waals surface area contributed by atoms with E-state index in [1.165, 1.54) is 12.1 Å². The highest BCUT2D eigenvalue weighted by Gasteiger charge is 2.14. The zero-order valence-corrected chi connectivity index (χ0v) is 15.0. The molecule has 5 nitrogen and oxygen atoms in total. The summed E-state index contributed by atoms with van der Waals surface area (Å²) in [5.74, 6) is -0.120. The fourth-order valence-electron chi connectivity index (χ4n) is 2.87. The normalized spacial score (nSPS) is 11.6. The monoisotopic (exact) mass is 373 g/mol. The van der Waals surface area contributed by atoms with Crippen LogP contribution in [0.2, 0.25) is 0 Å². The number of pyridine rings is 1. The van der Waals surface area contributed by atoms with Crippen LogP contribution in [0.15, 0.2) is 82.5 Å². The number of para-hydroxylation sites is 1. The standard InChI is InChI=1S/C22H16FN3O2/c1-14(21-7-4-12-28-21)25-26-22(27)18-13-20(15-8-10-16(23)11-9-15)24-19-6-3-2-5-17(18)19/h2-13H,1H3,(H,26,27). The van der Waals surface area contributed by atoms with Crippen molar-refractivity contribution in [2.75, 3.05) is 0 Å². The Bertz CT molecular complexity index is 1170. The van der Waals surface area contributed by atoms with Gasteiger partial charge in [-0.2, -0.15) is 5.10 Å². The first-order valence-electron chi connectivity index (χ1n) is 8.66. The third kappa shape index (κ3) is 3.53. The summed E-state index contributed by atoms with van der Waals surface area (Å²) in [7, 11) is 0. The van der Waals surface area contributed by atoms with Crippen LogP contribution in [0.25, 0.3) is 22.2 Å². The smallest absolute Gasteiger partial charge is 0.272 e. The number of fused-ring (bicyclic) bond motifs is 1. The molecule has 0 atom stereocenters. The van der Waals surface area contributed by atoms with Gasteiger partial charge in [0.15, 0.2) is 0 Å². The summed E-state index contributed by atoms with van der Waals surface area (Å²) < 4.78 is 18.5. The molecule has 0 unspecified atom stereocenters. The Morgan fingerprint density at radius 2 is 1.86 bits per heavy atom. The van der Waals surface area contributed by atoms with E-state index in [4.69, 9.17) is 4.42 Å². The number of hydrogen-bond donors (Lipinski definition) is 1. The molecule has 138 valence electrons. The number of nitrogens with zero attached hydrogens (tertiary/aromatic N) is 2. The fraction of sp³-hybridized carbons (Fsp3) is 0.0455. The van der Waals surface area contributed by atoms with E-state index in [-0.39, 0.29) is 11.7 Å². The van der Waals surface area contributed by atoms with Gasteiger partial charge in [-0.15, -0.1) is 0 Å². The third-order valence-electron chi connectivity index (χ3n) is 4.30. The number of carbonyl (C=O) groups is 1. The minimum atomic E-state index is -0.368. The Morgan fingerprint density at radius 3 is 2.61 bits per heavy atom. The molecule has 2 heterocycles. The van der Waals surface area contributed by atoms with Crippen LogP contribution in [0.1, 0.15) is 23.0 Å². The fourth-order valence-corrected chi connectivity index (χ4v) is 2.87. The summed E-state index contributed by atoms with van der Waals surface area (Å²) >= 11 is 0. The lowest BCUT2D eigenvalue weighted by atomic mass is 10.0. The van der Waals surface area contributed by atoms with E-state index in [2.05, 4.69) is 15.5 Å². The molecule has 4 rings (SSSR count). The number of nitrogens with one attached hydrogen (secondary N) is 1. The SMILES string of the molecule is CC(=NNC(=O)c1cc(-c2ccc(F)cc2)nc2ccccc12)c1ccco1. The molecule has 2 aromatic carbocycles. The van der Waals surface area contributed by atoms with Crippen LogP contribution in [0.4, 0.5) is 4.39 Å². The number of halogens is 1. The van der Waals surface area contributed by atoms with Crippen LogP contribution in [0.5, 0.6) is 0 Å². The van der Waals surface area contributed by atoms with Crippen molar-refractivity contribution in [2.45, 2.75) is 6.92 Å².